The maximum Gasteiger partial charge on any atom is 0.120 e. The summed E-state index contributed by atoms with van der Waals surface area (Å²) < 4.78 is 9.57. The summed E-state index contributed by atoms with van der Waals surface area (Å²) in [4.78, 5) is 2.23. The van der Waals surface area contributed by atoms with Gasteiger partial charge in [-0.1, -0.05) is 12.1 Å². The van der Waals surface area contributed by atoms with Crippen LogP contribution in [-0.2, 0) is 4.74 Å². The van der Waals surface area contributed by atoms with Gasteiger partial charge in [0.1, 0.15) is 5.00 Å². The molecule has 2 rings (SSSR count). The van der Waals surface area contributed by atoms with E-state index < -0.39 is 0 Å². The molecule has 1 aromatic heterocycles. The van der Waals surface area contributed by atoms with Crippen LogP contribution in [0.5, 0.6) is 0 Å². The van der Waals surface area contributed by atoms with Crippen molar-refractivity contribution in [3.05, 3.63) is 24.3 Å². The second kappa shape index (κ2) is 6.19. The Hall–Kier alpha value is -0.840. The number of halogens is 1. The summed E-state index contributed by atoms with van der Waals surface area (Å²) >= 11 is 7.37. The van der Waals surface area contributed by atoms with Gasteiger partial charge in [-0.25, -0.2) is 0 Å². The van der Waals surface area contributed by atoms with Gasteiger partial charge in [0.05, 0.1) is 12.1 Å². The first kappa shape index (κ1) is 12.6. The summed E-state index contributed by atoms with van der Waals surface area (Å²) in [6.07, 6.45) is 0. The molecule has 0 fully saturated rings. The fraction of sp³-hybridized carbons (Fsp3) is 0.417. The molecule has 0 atom stereocenters. The Labute approximate surface area is 110 Å². The van der Waals surface area contributed by atoms with Gasteiger partial charge >= 0.3 is 0 Å². The predicted octanol–water partition coefficient (Wildman–Crippen LogP) is 2.99. The molecule has 0 aliphatic heterocycles. The molecule has 0 N–H and O–H groups in total. The van der Waals surface area contributed by atoms with E-state index in [4.69, 9.17) is 16.3 Å². The molecule has 0 saturated heterocycles. The third kappa shape index (κ3) is 2.89. The van der Waals surface area contributed by atoms with E-state index in [9.17, 15) is 0 Å². The lowest BCUT2D eigenvalue weighted by Gasteiger charge is -2.21. The van der Waals surface area contributed by atoms with E-state index in [1.807, 2.05) is 18.2 Å². The summed E-state index contributed by atoms with van der Waals surface area (Å²) in [5, 5.41) is 2.37. The van der Waals surface area contributed by atoms with Crippen LogP contribution in [0.15, 0.2) is 24.3 Å². The van der Waals surface area contributed by atoms with Crippen molar-refractivity contribution in [3.63, 3.8) is 0 Å². The van der Waals surface area contributed by atoms with Crippen LogP contribution in [0.4, 0.5) is 5.00 Å². The number of hydrogen-bond acceptors (Lipinski definition) is 4. The van der Waals surface area contributed by atoms with Crippen molar-refractivity contribution in [2.75, 3.05) is 37.6 Å². The Balaban J connectivity index is 2.27. The van der Waals surface area contributed by atoms with Crippen molar-refractivity contribution in [1.29, 1.82) is 0 Å². The predicted molar refractivity (Wildman–Crippen MR) is 74.4 cm³/mol. The first-order valence-corrected chi connectivity index (χ1v) is 6.82. The molecule has 0 spiro atoms. The standard InChI is InChI=1S/C12H15ClN2OS/c1-16-9-8-15(7-6-13)12-10-4-2-3-5-11(10)14-17-12/h2-5H,6-9H2,1H3. The Morgan fingerprint density at radius 1 is 1.35 bits per heavy atom. The number of rotatable bonds is 6. The van der Waals surface area contributed by atoms with Crippen LogP contribution in [0, 0.1) is 0 Å². The first-order chi connectivity index (χ1) is 8.36. The molecule has 1 aromatic carbocycles. The second-order valence-electron chi connectivity index (χ2n) is 3.67. The van der Waals surface area contributed by atoms with E-state index in [2.05, 4.69) is 15.3 Å². The van der Waals surface area contributed by atoms with Crippen molar-refractivity contribution in [2.45, 2.75) is 0 Å². The van der Waals surface area contributed by atoms with Crippen molar-refractivity contribution < 1.29 is 4.74 Å². The fourth-order valence-corrected chi connectivity index (χ4v) is 2.84. The molecule has 92 valence electrons. The van der Waals surface area contributed by atoms with Crippen LogP contribution in [0.25, 0.3) is 10.9 Å². The van der Waals surface area contributed by atoms with E-state index in [-0.39, 0.29) is 0 Å². The molecule has 0 aliphatic carbocycles. The number of hydrogen-bond donors (Lipinski definition) is 0. The lowest BCUT2D eigenvalue weighted by Crippen LogP contribution is -2.28. The number of ether oxygens (including phenoxy) is 1. The minimum atomic E-state index is 0.607. The van der Waals surface area contributed by atoms with Gasteiger partial charge in [0, 0.05) is 31.5 Å². The monoisotopic (exact) mass is 270 g/mol. The first-order valence-electron chi connectivity index (χ1n) is 5.51. The number of fused-ring (bicyclic) bond motifs is 1. The summed E-state index contributed by atoms with van der Waals surface area (Å²) in [7, 11) is 1.71. The Morgan fingerprint density at radius 2 is 2.18 bits per heavy atom. The topological polar surface area (TPSA) is 25.4 Å². The van der Waals surface area contributed by atoms with Gasteiger partial charge in [-0.2, -0.15) is 4.37 Å². The molecule has 0 saturated carbocycles. The van der Waals surface area contributed by atoms with Crippen molar-refractivity contribution in [1.82, 2.24) is 4.37 Å². The second-order valence-corrected chi connectivity index (χ2v) is 4.80. The molecular weight excluding hydrogens is 256 g/mol. The van der Waals surface area contributed by atoms with Crippen molar-refractivity contribution in [2.24, 2.45) is 0 Å². The molecule has 3 nitrogen and oxygen atoms in total. The number of nitrogens with zero attached hydrogens (tertiary/aromatic N) is 2. The van der Waals surface area contributed by atoms with E-state index >= 15 is 0 Å². The van der Waals surface area contributed by atoms with Crippen LogP contribution < -0.4 is 4.90 Å². The molecule has 0 aliphatic rings. The van der Waals surface area contributed by atoms with Crippen molar-refractivity contribution in [3.8, 4) is 0 Å². The van der Waals surface area contributed by atoms with E-state index in [0.29, 0.717) is 12.5 Å². The molecule has 0 unspecified atom stereocenters. The van der Waals surface area contributed by atoms with E-state index in [0.717, 1.165) is 18.6 Å². The summed E-state index contributed by atoms with van der Waals surface area (Å²) in [5.74, 6) is 0.607. The average Bonchev–Trinajstić information content (AvgIpc) is 2.78. The lowest BCUT2D eigenvalue weighted by molar-refractivity contribution is 0.205. The van der Waals surface area contributed by atoms with E-state index in [1.54, 1.807) is 7.11 Å². The number of anilines is 1. The van der Waals surface area contributed by atoms with Crippen LogP contribution in [0.2, 0.25) is 0 Å². The highest BCUT2D eigenvalue weighted by molar-refractivity contribution is 7.11. The molecule has 5 heteroatoms. The lowest BCUT2D eigenvalue weighted by atomic mass is 10.2. The maximum atomic E-state index is 5.85. The molecule has 17 heavy (non-hydrogen) atoms. The molecule has 1 heterocycles. The van der Waals surface area contributed by atoms with Crippen LogP contribution in [0.1, 0.15) is 0 Å². The highest BCUT2D eigenvalue weighted by Gasteiger charge is 2.12. The van der Waals surface area contributed by atoms with Gasteiger partial charge in [-0.05, 0) is 23.7 Å². The molecule has 0 bridgehead atoms. The number of methoxy groups -OCH3 is 1. The van der Waals surface area contributed by atoms with Gasteiger partial charge in [-0.3, -0.25) is 0 Å². The van der Waals surface area contributed by atoms with E-state index in [1.165, 1.54) is 21.9 Å². The Kier molecular flexibility index (Phi) is 4.59. The van der Waals surface area contributed by atoms with Crippen molar-refractivity contribution >= 4 is 39.0 Å². The molecule has 2 aromatic rings. The Bertz CT molecular complexity index is 474. The number of benzene rings is 1. The minimum Gasteiger partial charge on any atom is -0.383 e. The van der Waals surface area contributed by atoms with Gasteiger partial charge in [0.15, 0.2) is 0 Å². The highest BCUT2D eigenvalue weighted by Crippen LogP contribution is 2.30. The maximum absolute atomic E-state index is 5.85. The zero-order chi connectivity index (χ0) is 12.1. The normalized spacial score (nSPS) is 10.9. The summed E-state index contributed by atoms with van der Waals surface area (Å²) in [6, 6.07) is 8.18. The summed E-state index contributed by atoms with van der Waals surface area (Å²) in [6.45, 7) is 2.36. The molecule has 0 radical (unpaired) electrons. The molecule has 0 amide bonds. The number of aromatic nitrogens is 1. The van der Waals surface area contributed by atoms with Gasteiger partial charge < -0.3 is 9.64 Å². The van der Waals surface area contributed by atoms with Gasteiger partial charge in [-0.15, -0.1) is 11.6 Å². The SMILES string of the molecule is COCCN(CCCl)c1snc2ccccc12. The van der Waals surface area contributed by atoms with Gasteiger partial charge in [0.2, 0.25) is 0 Å². The zero-order valence-corrected chi connectivity index (χ0v) is 11.3. The fourth-order valence-electron chi connectivity index (χ4n) is 1.72. The van der Waals surface area contributed by atoms with Crippen LogP contribution in [-0.4, -0.2) is 37.1 Å². The van der Waals surface area contributed by atoms with Crippen LogP contribution in [0.3, 0.4) is 0 Å². The minimum absolute atomic E-state index is 0.607. The largest absolute Gasteiger partial charge is 0.383 e. The smallest absolute Gasteiger partial charge is 0.120 e. The zero-order valence-electron chi connectivity index (χ0n) is 9.73. The quantitative estimate of drug-likeness (QED) is 0.755. The summed E-state index contributed by atoms with van der Waals surface area (Å²) in [5.41, 5.74) is 1.05. The molecular formula is C12H15ClN2OS. The Morgan fingerprint density at radius 3 is 2.94 bits per heavy atom. The third-order valence-corrected chi connectivity index (χ3v) is 3.68. The van der Waals surface area contributed by atoms with Gasteiger partial charge in [0.25, 0.3) is 0 Å². The number of alkyl halides is 1. The van der Waals surface area contributed by atoms with Crippen LogP contribution >= 0.6 is 23.1 Å². The average molecular weight is 271 g/mol. The third-order valence-electron chi connectivity index (χ3n) is 2.57. The highest BCUT2D eigenvalue weighted by atomic mass is 35.5.